The summed E-state index contributed by atoms with van der Waals surface area (Å²) in [6.07, 6.45) is 0. The van der Waals surface area contributed by atoms with E-state index in [9.17, 15) is 19.3 Å². The van der Waals surface area contributed by atoms with Gasteiger partial charge in [0, 0.05) is 13.1 Å². The molecule has 0 saturated heterocycles. The third-order valence-corrected chi connectivity index (χ3v) is 6.41. The van der Waals surface area contributed by atoms with E-state index < -0.39 is 21.9 Å². The van der Waals surface area contributed by atoms with Crippen molar-refractivity contribution in [2.24, 2.45) is 7.05 Å². The molecule has 0 spiro atoms. The summed E-state index contributed by atoms with van der Waals surface area (Å²) < 4.78 is 15.9. The normalized spacial score (nSPS) is 11.7. The van der Waals surface area contributed by atoms with E-state index in [0.29, 0.717) is 27.7 Å². The summed E-state index contributed by atoms with van der Waals surface area (Å²) in [6.45, 7) is 1.74. The monoisotopic (exact) mass is 477 g/mol. The van der Waals surface area contributed by atoms with Gasteiger partial charge in [0.2, 0.25) is 5.91 Å². The molecule has 1 aromatic heterocycles. The maximum absolute atomic E-state index is 14.3. The molecule has 0 aliphatic rings. The fourth-order valence-electron chi connectivity index (χ4n) is 3.40. The number of nitro groups is 1. The van der Waals surface area contributed by atoms with Gasteiger partial charge < -0.3 is 9.88 Å². The van der Waals surface area contributed by atoms with Crippen molar-refractivity contribution in [1.82, 2.24) is 14.8 Å². The van der Waals surface area contributed by atoms with Crippen LogP contribution in [-0.2, 0) is 11.8 Å². The summed E-state index contributed by atoms with van der Waals surface area (Å²) in [5.74, 6) is -0.570. The Hall–Kier alpha value is -4.05. The first-order valence-electron chi connectivity index (χ1n) is 10.3. The predicted octanol–water partition coefficient (Wildman–Crippen LogP) is 5.31. The molecule has 10 heteroatoms. The molecule has 8 nitrogen and oxygen atoms in total. The van der Waals surface area contributed by atoms with E-state index in [0.717, 1.165) is 11.8 Å². The molecule has 34 heavy (non-hydrogen) atoms. The Morgan fingerprint density at radius 3 is 2.50 bits per heavy atom. The first kappa shape index (κ1) is 23.1. The van der Waals surface area contributed by atoms with Gasteiger partial charge in [-0.05, 0) is 36.2 Å². The molecule has 0 bridgehead atoms. The molecule has 4 rings (SSSR count). The molecule has 172 valence electrons. The van der Waals surface area contributed by atoms with Crippen LogP contribution >= 0.6 is 11.8 Å². The van der Waals surface area contributed by atoms with Gasteiger partial charge in [-0.3, -0.25) is 14.9 Å². The highest BCUT2D eigenvalue weighted by Crippen LogP contribution is 2.37. The van der Waals surface area contributed by atoms with Gasteiger partial charge in [-0.25, -0.2) is 4.39 Å². The summed E-state index contributed by atoms with van der Waals surface area (Å²) in [5, 5.41) is 22.1. The number of halogens is 1. The lowest BCUT2D eigenvalue weighted by Crippen LogP contribution is -2.20. The number of aromatic nitrogens is 3. The van der Waals surface area contributed by atoms with Gasteiger partial charge >= 0.3 is 0 Å². The Kier molecular flexibility index (Phi) is 6.69. The van der Waals surface area contributed by atoms with E-state index in [-0.39, 0.29) is 11.4 Å². The second-order valence-electron chi connectivity index (χ2n) is 7.52. The number of carbonyl (C=O) groups is 1. The van der Waals surface area contributed by atoms with Crippen LogP contribution in [0, 0.1) is 22.9 Å². The molecule has 3 aromatic carbocycles. The number of nitrogens with zero attached hydrogens (tertiary/aromatic N) is 4. The number of nitrogens with one attached hydrogen (secondary N) is 1. The van der Waals surface area contributed by atoms with E-state index in [4.69, 9.17) is 0 Å². The van der Waals surface area contributed by atoms with Crippen LogP contribution < -0.4 is 5.32 Å². The summed E-state index contributed by atoms with van der Waals surface area (Å²) >= 11 is 1.12. The predicted molar refractivity (Wildman–Crippen MR) is 128 cm³/mol. The third-order valence-electron chi connectivity index (χ3n) is 5.12. The SMILES string of the molecule is Cc1ccc(NC(=O)C(Sc2nnc(-c3ccccc3F)n2C)c2ccccc2)c([N+](=O)[O-])c1. The van der Waals surface area contributed by atoms with Crippen LogP contribution in [0.4, 0.5) is 15.8 Å². The third kappa shape index (κ3) is 4.81. The van der Waals surface area contributed by atoms with Gasteiger partial charge in [-0.1, -0.05) is 60.3 Å². The van der Waals surface area contributed by atoms with Gasteiger partial charge in [0.1, 0.15) is 16.8 Å². The average molecular weight is 478 g/mol. The fourth-order valence-corrected chi connectivity index (χ4v) is 4.40. The number of benzene rings is 3. The molecule has 1 atom stereocenters. The minimum absolute atomic E-state index is 0.104. The van der Waals surface area contributed by atoms with Gasteiger partial charge in [0.15, 0.2) is 11.0 Å². The van der Waals surface area contributed by atoms with Crippen molar-refractivity contribution in [3.63, 3.8) is 0 Å². The summed E-state index contributed by atoms with van der Waals surface area (Å²) in [4.78, 5) is 24.3. The van der Waals surface area contributed by atoms with Crippen LogP contribution in [0.3, 0.4) is 0 Å². The molecular formula is C24H20FN5O3S. The smallest absolute Gasteiger partial charge is 0.293 e. The zero-order valence-corrected chi connectivity index (χ0v) is 19.1. The van der Waals surface area contributed by atoms with Crippen molar-refractivity contribution >= 4 is 29.0 Å². The second kappa shape index (κ2) is 9.84. The Balaban J connectivity index is 1.67. The number of carbonyl (C=O) groups excluding carboxylic acids is 1. The quantitative estimate of drug-likeness (QED) is 0.220. The molecule has 1 heterocycles. The first-order chi connectivity index (χ1) is 16.3. The Morgan fingerprint density at radius 1 is 1.09 bits per heavy atom. The van der Waals surface area contributed by atoms with Crippen molar-refractivity contribution in [2.45, 2.75) is 17.3 Å². The topological polar surface area (TPSA) is 103 Å². The molecule has 0 radical (unpaired) electrons. The fraction of sp³-hybridized carbons (Fsp3) is 0.125. The minimum atomic E-state index is -0.793. The molecule has 4 aromatic rings. The average Bonchev–Trinajstić information content (AvgIpc) is 3.19. The molecule has 0 saturated carbocycles. The van der Waals surface area contributed by atoms with Gasteiger partial charge in [0.05, 0.1) is 10.5 Å². The highest BCUT2D eigenvalue weighted by molar-refractivity contribution is 8.00. The lowest BCUT2D eigenvalue weighted by Gasteiger charge is -2.17. The summed E-state index contributed by atoms with van der Waals surface area (Å²) in [7, 11) is 1.69. The second-order valence-corrected chi connectivity index (χ2v) is 8.59. The van der Waals surface area contributed by atoms with Crippen LogP contribution in [0.1, 0.15) is 16.4 Å². The van der Waals surface area contributed by atoms with E-state index in [2.05, 4.69) is 15.5 Å². The number of nitro benzene ring substituents is 1. The number of thioether (sulfide) groups is 1. The van der Waals surface area contributed by atoms with Crippen molar-refractivity contribution in [2.75, 3.05) is 5.32 Å². The largest absolute Gasteiger partial charge is 0.319 e. The maximum Gasteiger partial charge on any atom is 0.293 e. The Bertz CT molecular complexity index is 1360. The number of anilines is 1. The Labute approximate surface area is 199 Å². The van der Waals surface area contributed by atoms with Gasteiger partial charge in [-0.2, -0.15) is 0 Å². The molecule has 1 unspecified atom stereocenters. The Morgan fingerprint density at radius 2 is 1.79 bits per heavy atom. The van der Waals surface area contributed by atoms with Crippen LogP contribution in [0.2, 0.25) is 0 Å². The zero-order chi connectivity index (χ0) is 24.2. The van der Waals surface area contributed by atoms with E-state index in [1.807, 2.05) is 6.07 Å². The van der Waals surface area contributed by atoms with Crippen molar-refractivity contribution in [1.29, 1.82) is 0 Å². The molecule has 0 aliphatic carbocycles. The van der Waals surface area contributed by atoms with Gasteiger partial charge in [0.25, 0.3) is 5.69 Å². The van der Waals surface area contributed by atoms with Crippen LogP contribution in [0.25, 0.3) is 11.4 Å². The highest BCUT2D eigenvalue weighted by atomic mass is 32.2. The van der Waals surface area contributed by atoms with Crippen LogP contribution in [0.5, 0.6) is 0 Å². The number of aryl methyl sites for hydroxylation is 1. The van der Waals surface area contributed by atoms with Crippen LogP contribution in [0.15, 0.2) is 78.0 Å². The van der Waals surface area contributed by atoms with Crippen molar-refractivity contribution in [3.8, 4) is 11.4 Å². The lowest BCUT2D eigenvalue weighted by atomic mass is 10.1. The molecule has 1 amide bonds. The number of hydrogen-bond donors (Lipinski definition) is 1. The highest BCUT2D eigenvalue weighted by Gasteiger charge is 2.27. The van der Waals surface area contributed by atoms with Crippen molar-refractivity contribution in [3.05, 3.63) is 99.9 Å². The number of amides is 1. The van der Waals surface area contributed by atoms with Crippen molar-refractivity contribution < 1.29 is 14.1 Å². The van der Waals surface area contributed by atoms with E-state index in [1.54, 1.807) is 67.1 Å². The molecule has 1 N–H and O–H groups in total. The minimum Gasteiger partial charge on any atom is -0.319 e. The zero-order valence-electron chi connectivity index (χ0n) is 18.3. The van der Waals surface area contributed by atoms with E-state index in [1.165, 1.54) is 18.2 Å². The maximum atomic E-state index is 14.3. The molecule has 0 fully saturated rings. The van der Waals surface area contributed by atoms with E-state index >= 15 is 0 Å². The lowest BCUT2D eigenvalue weighted by molar-refractivity contribution is -0.384. The summed E-state index contributed by atoms with van der Waals surface area (Å²) in [6, 6.07) is 19.8. The number of hydrogen-bond acceptors (Lipinski definition) is 6. The molecular weight excluding hydrogens is 457 g/mol. The first-order valence-corrected chi connectivity index (χ1v) is 11.1. The summed E-state index contributed by atoms with van der Waals surface area (Å²) in [5.41, 5.74) is 1.59. The standard InChI is InChI=1S/C24H20FN5O3S/c1-15-12-13-19(20(14-15)30(32)33)26-23(31)21(16-8-4-3-5-9-16)34-24-28-27-22(29(24)2)17-10-6-7-11-18(17)25/h3-14,21H,1-2H3,(H,26,31). The van der Waals surface area contributed by atoms with Gasteiger partial charge in [-0.15, -0.1) is 10.2 Å². The number of rotatable bonds is 7. The molecule has 0 aliphatic heterocycles. The van der Waals surface area contributed by atoms with Crippen LogP contribution in [-0.4, -0.2) is 25.6 Å².